The van der Waals surface area contributed by atoms with E-state index in [2.05, 4.69) is 25.4 Å². The minimum atomic E-state index is -0.113. The van der Waals surface area contributed by atoms with Gasteiger partial charge in [-0.05, 0) is 61.5 Å². The Morgan fingerprint density at radius 2 is 1.97 bits per heavy atom. The Morgan fingerprint density at radius 3 is 2.68 bits per heavy atom. The largest absolute Gasteiger partial charge is 0.493 e. The molecular formula is C27H31N7O3S. The Bertz CT molecular complexity index is 1420. The molecular weight excluding hydrogens is 502 g/mol. The number of carbonyl (C=O) groups is 1. The average Bonchev–Trinajstić information content (AvgIpc) is 3.33. The minimum absolute atomic E-state index is 0.113. The third-order valence-electron chi connectivity index (χ3n) is 6.14. The summed E-state index contributed by atoms with van der Waals surface area (Å²) >= 11 is 1.40. The van der Waals surface area contributed by atoms with E-state index in [1.54, 1.807) is 0 Å². The lowest BCUT2D eigenvalue weighted by Crippen LogP contribution is -2.37. The molecule has 0 spiro atoms. The van der Waals surface area contributed by atoms with Gasteiger partial charge >= 0.3 is 0 Å². The van der Waals surface area contributed by atoms with Gasteiger partial charge in [0.25, 0.3) is 0 Å². The summed E-state index contributed by atoms with van der Waals surface area (Å²) < 4.78 is 11.6. The van der Waals surface area contributed by atoms with E-state index in [0.717, 1.165) is 72.2 Å². The predicted octanol–water partition coefficient (Wildman–Crippen LogP) is 4.12. The van der Waals surface area contributed by atoms with Crippen LogP contribution in [-0.4, -0.2) is 70.4 Å². The minimum Gasteiger partial charge on any atom is -0.493 e. The number of aromatic nitrogens is 4. The van der Waals surface area contributed by atoms with E-state index in [0.29, 0.717) is 28.8 Å². The normalized spacial score (nSPS) is 14.1. The molecule has 38 heavy (non-hydrogen) atoms. The number of carbonyl (C=O) groups excluding carboxylic acids is 1. The Hall–Kier alpha value is -3.67. The van der Waals surface area contributed by atoms with Crippen molar-refractivity contribution < 1.29 is 14.3 Å². The van der Waals surface area contributed by atoms with Crippen LogP contribution in [0.2, 0.25) is 0 Å². The molecule has 4 N–H and O–H groups in total. The summed E-state index contributed by atoms with van der Waals surface area (Å²) in [6, 6.07) is 13.3. The first-order chi connectivity index (χ1) is 18.4. The van der Waals surface area contributed by atoms with Crippen LogP contribution in [0.3, 0.4) is 0 Å². The molecule has 1 aliphatic heterocycles. The molecule has 0 saturated carbocycles. The predicted molar refractivity (Wildman–Crippen MR) is 149 cm³/mol. The van der Waals surface area contributed by atoms with Crippen LogP contribution in [0.25, 0.3) is 22.2 Å². The summed E-state index contributed by atoms with van der Waals surface area (Å²) in [6.07, 6.45) is 0.913. The number of nitrogens with one attached hydrogen (secondary N) is 2. The quantitative estimate of drug-likeness (QED) is 0.215. The van der Waals surface area contributed by atoms with Crippen LogP contribution in [-0.2, 0) is 9.53 Å². The van der Waals surface area contributed by atoms with E-state index in [9.17, 15) is 4.79 Å². The Kier molecular flexibility index (Phi) is 8.06. The topological polar surface area (TPSA) is 131 Å². The van der Waals surface area contributed by atoms with E-state index in [4.69, 9.17) is 20.2 Å². The van der Waals surface area contributed by atoms with Crippen molar-refractivity contribution >= 4 is 40.1 Å². The van der Waals surface area contributed by atoms with Crippen LogP contribution in [0.4, 0.5) is 11.5 Å². The molecule has 0 unspecified atom stereocenters. The van der Waals surface area contributed by atoms with Crippen molar-refractivity contribution in [1.82, 2.24) is 25.1 Å². The maximum Gasteiger partial charge on any atom is 0.221 e. The number of H-pyrrole nitrogens is 1. The molecule has 2 aromatic heterocycles. The summed E-state index contributed by atoms with van der Waals surface area (Å²) in [6.45, 7) is 8.50. The lowest BCUT2D eigenvalue weighted by atomic mass is 10.0. The zero-order chi connectivity index (χ0) is 26.5. The molecule has 1 fully saturated rings. The van der Waals surface area contributed by atoms with Crippen LogP contribution in [0, 0.1) is 6.92 Å². The van der Waals surface area contributed by atoms with Crippen molar-refractivity contribution in [3.8, 4) is 17.0 Å². The summed E-state index contributed by atoms with van der Waals surface area (Å²) in [5, 5.41) is 11.5. The van der Waals surface area contributed by atoms with Crippen molar-refractivity contribution in [1.29, 1.82) is 0 Å². The highest BCUT2D eigenvalue weighted by Gasteiger charge is 2.17. The SMILES string of the molecule is CC(=O)Nc1ccc(Sc2nc(N)c3c(-c4cc(C)[nH]n4)cc(OCCCN4CCOCC4)cc3n2)cc1. The number of nitrogens with two attached hydrogens (primary N) is 1. The molecule has 198 valence electrons. The number of anilines is 2. The van der Waals surface area contributed by atoms with Gasteiger partial charge in [-0.3, -0.25) is 14.8 Å². The van der Waals surface area contributed by atoms with Gasteiger partial charge < -0.3 is 20.5 Å². The summed E-state index contributed by atoms with van der Waals surface area (Å²) in [7, 11) is 0. The molecule has 4 aromatic rings. The van der Waals surface area contributed by atoms with Crippen LogP contribution < -0.4 is 15.8 Å². The maximum atomic E-state index is 11.3. The van der Waals surface area contributed by atoms with Crippen molar-refractivity contribution in [3.05, 3.63) is 48.2 Å². The van der Waals surface area contributed by atoms with Crippen molar-refractivity contribution in [2.45, 2.75) is 30.3 Å². The van der Waals surface area contributed by atoms with Gasteiger partial charge in [0.05, 0.1) is 36.4 Å². The highest BCUT2D eigenvalue weighted by Crippen LogP contribution is 2.37. The number of nitrogens with zero attached hydrogens (tertiary/aromatic N) is 4. The number of nitrogen functional groups attached to an aromatic ring is 1. The first kappa shape index (κ1) is 26.0. The second-order valence-electron chi connectivity index (χ2n) is 9.16. The maximum absolute atomic E-state index is 11.3. The lowest BCUT2D eigenvalue weighted by molar-refractivity contribution is -0.114. The number of aromatic amines is 1. The third-order valence-corrected chi connectivity index (χ3v) is 7.01. The molecule has 0 radical (unpaired) electrons. The molecule has 0 atom stereocenters. The van der Waals surface area contributed by atoms with E-state index < -0.39 is 0 Å². The van der Waals surface area contributed by atoms with Crippen molar-refractivity contribution in [3.63, 3.8) is 0 Å². The fraction of sp³-hybridized carbons (Fsp3) is 0.333. The second kappa shape index (κ2) is 11.8. The lowest BCUT2D eigenvalue weighted by Gasteiger charge is -2.26. The van der Waals surface area contributed by atoms with E-state index in [1.807, 2.05) is 49.4 Å². The third kappa shape index (κ3) is 6.42. The molecule has 5 rings (SSSR count). The summed E-state index contributed by atoms with van der Waals surface area (Å²) in [5.41, 5.74) is 10.4. The summed E-state index contributed by atoms with van der Waals surface area (Å²) in [5.74, 6) is 0.976. The number of rotatable bonds is 9. The molecule has 1 amide bonds. The number of hydrogen-bond acceptors (Lipinski definition) is 9. The van der Waals surface area contributed by atoms with Gasteiger partial charge in [-0.25, -0.2) is 9.97 Å². The molecule has 0 aliphatic carbocycles. The molecule has 2 aromatic carbocycles. The number of hydrogen-bond donors (Lipinski definition) is 3. The number of morpholine rings is 1. The van der Waals surface area contributed by atoms with E-state index >= 15 is 0 Å². The highest BCUT2D eigenvalue weighted by molar-refractivity contribution is 7.99. The summed E-state index contributed by atoms with van der Waals surface area (Å²) in [4.78, 5) is 24.0. The standard InChI is InChI=1S/C27H31N7O3S/c1-17-14-23(33-32-17)22-15-20(37-11-3-8-34-9-12-36-13-10-34)16-24-25(22)26(28)31-27(30-24)38-21-6-4-19(5-7-21)29-18(2)35/h4-7,14-16H,3,8-13H2,1-2H3,(H,29,35)(H,32,33)(H2,28,30,31). The Morgan fingerprint density at radius 1 is 1.18 bits per heavy atom. The smallest absolute Gasteiger partial charge is 0.221 e. The average molecular weight is 534 g/mol. The van der Waals surface area contributed by atoms with Crippen LogP contribution in [0.15, 0.2) is 52.5 Å². The molecule has 1 aliphatic rings. The van der Waals surface area contributed by atoms with Gasteiger partial charge in [0.15, 0.2) is 5.16 Å². The number of ether oxygens (including phenoxy) is 2. The molecule has 3 heterocycles. The van der Waals surface area contributed by atoms with E-state index in [-0.39, 0.29) is 5.91 Å². The molecule has 10 nitrogen and oxygen atoms in total. The number of amides is 1. The molecule has 1 saturated heterocycles. The van der Waals surface area contributed by atoms with Gasteiger partial charge in [-0.1, -0.05) is 0 Å². The first-order valence-corrected chi connectivity index (χ1v) is 13.4. The number of benzene rings is 2. The van der Waals surface area contributed by atoms with Crippen molar-refractivity contribution in [2.75, 3.05) is 50.5 Å². The van der Waals surface area contributed by atoms with Gasteiger partial charge in [0.1, 0.15) is 11.6 Å². The highest BCUT2D eigenvalue weighted by atomic mass is 32.2. The van der Waals surface area contributed by atoms with Crippen molar-refractivity contribution in [2.24, 2.45) is 0 Å². The molecule has 11 heteroatoms. The van der Waals surface area contributed by atoms with Crippen LogP contribution >= 0.6 is 11.8 Å². The second-order valence-corrected chi connectivity index (χ2v) is 10.2. The monoisotopic (exact) mass is 533 g/mol. The van der Waals surface area contributed by atoms with Crippen LogP contribution in [0.1, 0.15) is 19.0 Å². The fourth-order valence-electron chi connectivity index (χ4n) is 4.35. The van der Waals surface area contributed by atoms with Crippen LogP contribution in [0.5, 0.6) is 5.75 Å². The van der Waals surface area contributed by atoms with E-state index in [1.165, 1.54) is 18.7 Å². The Labute approximate surface area is 225 Å². The van der Waals surface area contributed by atoms with Gasteiger partial charge in [0.2, 0.25) is 5.91 Å². The van der Waals surface area contributed by atoms with Gasteiger partial charge in [-0.2, -0.15) is 5.10 Å². The number of fused-ring (bicyclic) bond motifs is 1. The number of aryl methyl sites for hydroxylation is 1. The molecule has 0 bridgehead atoms. The Balaban J connectivity index is 1.40. The van der Waals surface area contributed by atoms with Gasteiger partial charge in [-0.15, -0.1) is 0 Å². The van der Waals surface area contributed by atoms with Gasteiger partial charge in [0, 0.05) is 54.5 Å². The first-order valence-electron chi connectivity index (χ1n) is 12.6. The zero-order valence-corrected chi connectivity index (χ0v) is 22.3. The fourth-order valence-corrected chi connectivity index (χ4v) is 5.12. The zero-order valence-electron chi connectivity index (χ0n) is 21.5.